The molecule has 0 radical (unpaired) electrons. The van der Waals surface area contributed by atoms with Gasteiger partial charge in [-0.05, 0) is 23.8 Å². The van der Waals surface area contributed by atoms with Gasteiger partial charge in [0.25, 0.3) is 0 Å². The standard InChI is InChI=1S/C12H8F4N2/c13-10-2-1-7(5-9(10)12(14,15)16)8-6-18-4-3-11(8)17/h1-6H,(H2,17,18). The van der Waals surface area contributed by atoms with Gasteiger partial charge in [0.2, 0.25) is 0 Å². The van der Waals surface area contributed by atoms with Crippen LogP contribution >= 0.6 is 0 Å². The molecule has 6 heteroatoms. The zero-order chi connectivity index (χ0) is 13.3. The smallest absolute Gasteiger partial charge is 0.398 e. The number of alkyl halides is 3. The summed E-state index contributed by atoms with van der Waals surface area (Å²) in [5.41, 5.74) is 5.11. The Hall–Kier alpha value is -2.11. The van der Waals surface area contributed by atoms with Gasteiger partial charge in [0, 0.05) is 23.6 Å². The highest BCUT2D eigenvalue weighted by Gasteiger charge is 2.34. The maximum absolute atomic E-state index is 13.1. The summed E-state index contributed by atoms with van der Waals surface area (Å²) in [6, 6.07) is 4.19. The van der Waals surface area contributed by atoms with E-state index >= 15 is 0 Å². The van der Waals surface area contributed by atoms with Crippen LogP contribution in [0.2, 0.25) is 0 Å². The maximum atomic E-state index is 13.1. The van der Waals surface area contributed by atoms with E-state index in [1.165, 1.54) is 24.5 Å². The van der Waals surface area contributed by atoms with Gasteiger partial charge >= 0.3 is 6.18 Å². The second-order valence-electron chi connectivity index (χ2n) is 3.66. The number of anilines is 1. The quantitative estimate of drug-likeness (QED) is 0.793. The van der Waals surface area contributed by atoms with E-state index in [1.807, 2.05) is 0 Å². The molecule has 0 spiro atoms. The molecule has 0 unspecified atom stereocenters. The first-order valence-electron chi connectivity index (χ1n) is 4.96. The molecule has 2 rings (SSSR count). The van der Waals surface area contributed by atoms with Crippen LogP contribution in [0.4, 0.5) is 23.2 Å². The molecule has 18 heavy (non-hydrogen) atoms. The lowest BCUT2D eigenvalue weighted by atomic mass is 10.0. The van der Waals surface area contributed by atoms with Gasteiger partial charge in [-0.15, -0.1) is 0 Å². The molecule has 0 saturated heterocycles. The van der Waals surface area contributed by atoms with Gasteiger partial charge in [0.15, 0.2) is 0 Å². The summed E-state index contributed by atoms with van der Waals surface area (Å²) in [5.74, 6) is -1.31. The number of nitrogen functional groups attached to an aromatic ring is 1. The maximum Gasteiger partial charge on any atom is 0.419 e. The first kappa shape index (κ1) is 12.3. The van der Waals surface area contributed by atoms with Crippen molar-refractivity contribution in [2.75, 3.05) is 5.73 Å². The Kier molecular flexibility index (Phi) is 2.94. The number of aromatic nitrogens is 1. The van der Waals surface area contributed by atoms with Crippen molar-refractivity contribution in [2.45, 2.75) is 6.18 Å². The molecule has 2 nitrogen and oxygen atoms in total. The lowest BCUT2D eigenvalue weighted by Crippen LogP contribution is -2.08. The summed E-state index contributed by atoms with van der Waals surface area (Å²) in [6.07, 6.45) is -1.98. The highest BCUT2D eigenvalue weighted by molar-refractivity contribution is 5.75. The molecule has 1 aromatic carbocycles. The molecule has 0 amide bonds. The van der Waals surface area contributed by atoms with Crippen LogP contribution in [0.25, 0.3) is 11.1 Å². The van der Waals surface area contributed by atoms with Crippen molar-refractivity contribution in [2.24, 2.45) is 0 Å². The predicted molar refractivity (Wildman–Crippen MR) is 59.0 cm³/mol. The van der Waals surface area contributed by atoms with Crippen molar-refractivity contribution >= 4 is 5.69 Å². The fourth-order valence-corrected chi connectivity index (χ4v) is 1.56. The van der Waals surface area contributed by atoms with Crippen LogP contribution < -0.4 is 5.73 Å². The Balaban J connectivity index is 2.58. The molecule has 0 aliphatic carbocycles. The molecule has 1 heterocycles. The number of hydrogen-bond acceptors (Lipinski definition) is 2. The third-order valence-corrected chi connectivity index (χ3v) is 2.44. The summed E-state index contributed by atoms with van der Waals surface area (Å²) < 4.78 is 50.8. The molecule has 2 N–H and O–H groups in total. The summed E-state index contributed by atoms with van der Waals surface area (Å²) in [4.78, 5) is 3.78. The molecule has 1 aromatic heterocycles. The Morgan fingerprint density at radius 1 is 1.11 bits per heavy atom. The van der Waals surface area contributed by atoms with Gasteiger partial charge in [0.05, 0.1) is 5.56 Å². The number of nitrogens with zero attached hydrogens (tertiary/aromatic N) is 1. The second kappa shape index (κ2) is 4.29. The van der Waals surface area contributed by atoms with E-state index in [9.17, 15) is 17.6 Å². The largest absolute Gasteiger partial charge is 0.419 e. The Morgan fingerprint density at radius 2 is 1.83 bits per heavy atom. The molecule has 0 atom stereocenters. The normalized spacial score (nSPS) is 11.6. The zero-order valence-electron chi connectivity index (χ0n) is 9.00. The fourth-order valence-electron chi connectivity index (χ4n) is 1.56. The van der Waals surface area contributed by atoms with Crippen LogP contribution in [-0.2, 0) is 6.18 Å². The molecule has 0 aliphatic rings. The summed E-state index contributed by atoms with van der Waals surface area (Å²) >= 11 is 0. The molecule has 2 aromatic rings. The zero-order valence-corrected chi connectivity index (χ0v) is 9.00. The van der Waals surface area contributed by atoms with Gasteiger partial charge in [0.1, 0.15) is 5.82 Å². The van der Waals surface area contributed by atoms with Gasteiger partial charge in [-0.25, -0.2) is 4.39 Å². The monoisotopic (exact) mass is 256 g/mol. The number of benzene rings is 1. The van der Waals surface area contributed by atoms with Gasteiger partial charge in [-0.1, -0.05) is 6.07 Å². The van der Waals surface area contributed by atoms with Crippen LogP contribution in [0.1, 0.15) is 5.56 Å². The molecule has 0 bridgehead atoms. The SMILES string of the molecule is Nc1ccncc1-c1ccc(F)c(C(F)(F)F)c1. The minimum Gasteiger partial charge on any atom is -0.398 e. The first-order valence-corrected chi connectivity index (χ1v) is 4.96. The Morgan fingerprint density at radius 3 is 2.44 bits per heavy atom. The van der Waals surface area contributed by atoms with Gasteiger partial charge in [-0.2, -0.15) is 13.2 Å². The van der Waals surface area contributed by atoms with Crippen LogP contribution in [0.15, 0.2) is 36.7 Å². The van der Waals surface area contributed by atoms with Crippen molar-refractivity contribution in [3.8, 4) is 11.1 Å². The highest BCUT2D eigenvalue weighted by Crippen LogP contribution is 2.35. The van der Waals surface area contributed by atoms with E-state index in [2.05, 4.69) is 4.98 Å². The summed E-state index contributed by atoms with van der Waals surface area (Å²) in [5, 5.41) is 0. The van der Waals surface area contributed by atoms with Crippen LogP contribution in [0, 0.1) is 5.82 Å². The molecular formula is C12H8F4N2. The van der Waals surface area contributed by atoms with Gasteiger partial charge in [-0.3, -0.25) is 4.98 Å². The number of nitrogens with two attached hydrogens (primary N) is 1. The van der Waals surface area contributed by atoms with E-state index < -0.39 is 17.6 Å². The van der Waals surface area contributed by atoms with Crippen molar-refractivity contribution in [1.29, 1.82) is 0 Å². The van der Waals surface area contributed by atoms with E-state index in [-0.39, 0.29) is 11.3 Å². The van der Waals surface area contributed by atoms with Crippen molar-refractivity contribution in [3.63, 3.8) is 0 Å². The van der Waals surface area contributed by atoms with E-state index in [0.717, 1.165) is 12.1 Å². The topological polar surface area (TPSA) is 38.9 Å². The van der Waals surface area contributed by atoms with Crippen molar-refractivity contribution in [3.05, 3.63) is 48.0 Å². The predicted octanol–water partition coefficient (Wildman–Crippen LogP) is 3.49. The number of pyridine rings is 1. The highest BCUT2D eigenvalue weighted by atomic mass is 19.4. The lowest BCUT2D eigenvalue weighted by molar-refractivity contribution is -0.139. The average Bonchev–Trinajstić information content (AvgIpc) is 2.29. The summed E-state index contributed by atoms with van der Waals surface area (Å²) in [6.45, 7) is 0. The lowest BCUT2D eigenvalue weighted by Gasteiger charge is -2.11. The van der Waals surface area contributed by atoms with Crippen molar-refractivity contribution < 1.29 is 17.6 Å². The Labute approximate surface area is 100 Å². The molecule has 0 aliphatic heterocycles. The molecule has 94 valence electrons. The molecule has 0 fully saturated rings. The number of rotatable bonds is 1. The number of halogens is 4. The molecular weight excluding hydrogens is 248 g/mol. The third-order valence-electron chi connectivity index (χ3n) is 2.44. The van der Waals surface area contributed by atoms with Crippen LogP contribution in [-0.4, -0.2) is 4.98 Å². The van der Waals surface area contributed by atoms with E-state index in [1.54, 1.807) is 0 Å². The number of hydrogen-bond donors (Lipinski definition) is 1. The second-order valence-corrected chi connectivity index (χ2v) is 3.66. The third kappa shape index (κ3) is 2.27. The average molecular weight is 256 g/mol. The van der Waals surface area contributed by atoms with Crippen LogP contribution in [0.3, 0.4) is 0 Å². The first-order chi connectivity index (χ1) is 8.39. The van der Waals surface area contributed by atoms with E-state index in [0.29, 0.717) is 5.56 Å². The van der Waals surface area contributed by atoms with Crippen molar-refractivity contribution in [1.82, 2.24) is 4.98 Å². The minimum absolute atomic E-state index is 0.175. The summed E-state index contributed by atoms with van der Waals surface area (Å²) in [7, 11) is 0. The molecule has 0 saturated carbocycles. The minimum atomic E-state index is -4.74. The van der Waals surface area contributed by atoms with Crippen LogP contribution in [0.5, 0.6) is 0 Å². The van der Waals surface area contributed by atoms with Gasteiger partial charge < -0.3 is 5.73 Å². The fraction of sp³-hybridized carbons (Fsp3) is 0.0833. The Bertz CT molecular complexity index is 579. The van der Waals surface area contributed by atoms with E-state index in [4.69, 9.17) is 5.73 Å².